The molecule has 1 heterocycles. The Balaban J connectivity index is 1.72. The van der Waals surface area contributed by atoms with Crippen LogP contribution in [0.25, 0.3) is 6.08 Å². The molecule has 2 aromatic carbocycles. The monoisotopic (exact) mass is 528 g/mol. The Labute approximate surface area is 220 Å². The number of ether oxygens (including phenoxy) is 3. The van der Waals surface area contributed by atoms with Crippen molar-refractivity contribution in [2.24, 2.45) is 5.92 Å². The Morgan fingerprint density at radius 2 is 1.97 bits per heavy atom. The first-order valence-corrected chi connectivity index (χ1v) is 14.5. The third-order valence-corrected chi connectivity index (χ3v) is 9.39. The Bertz CT molecular complexity index is 1270. The second kappa shape index (κ2) is 11.6. The first-order valence-electron chi connectivity index (χ1n) is 12.8. The van der Waals surface area contributed by atoms with E-state index in [4.69, 9.17) is 19.6 Å². The summed E-state index contributed by atoms with van der Waals surface area (Å²) in [7, 11) is -0.213. The zero-order chi connectivity index (χ0) is 26.6. The zero-order valence-corrected chi connectivity index (χ0v) is 22.7. The number of nitrogens with one attached hydrogen (secondary N) is 1. The second-order valence-electron chi connectivity index (χ2n) is 9.85. The first-order chi connectivity index (χ1) is 17.7. The smallest absolute Gasteiger partial charge is 0.180 e. The largest absolute Gasteiger partial charge is 0.494 e. The van der Waals surface area contributed by atoms with E-state index in [9.17, 15) is 8.60 Å². The molecule has 6 nitrogen and oxygen atoms in total. The molecule has 2 aromatic rings. The van der Waals surface area contributed by atoms with Crippen molar-refractivity contribution in [1.82, 2.24) is 0 Å². The number of hydrogen-bond donors (Lipinski definition) is 1. The van der Waals surface area contributed by atoms with Crippen molar-refractivity contribution in [2.75, 3.05) is 25.1 Å². The predicted octanol–water partition coefficient (Wildman–Crippen LogP) is 6.48. The van der Waals surface area contributed by atoms with Crippen molar-refractivity contribution in [1.29, 1.82) is 5.41 Å². The van der Waals surface area contributed by atoms with Crippen molar-refractivity contribution in [3.63, 3.8) is 0 Å². The summed E-state index contributed by atoms with van der Waals surface area (Å²) >= 11 is 0. The molecule has 4 rings (SSSR count). The fourth-order valence-corrected chi connectivity index (χ4v) is 6.84. The Kier molecular flexibility index (Phi) is 8.47. The van der Waals surface area contributed by atoms with Crippen LogP contribution in [-0.2, 0) is 14.4 Å². The van der Waals surface area contributed by atoms with E-state index in [0.29, 0.717) is 41.6 Å². The van der Waals surface area contributed by atoms with Crippen LogP contribution in [0.2, 0.25) is 0 Å². The maximum absolute atomic E-state index is 14.3. The first kappa shape index (κ1) is 27.0. The summed E-state index contributed by atoms with van der Waals surface area (Å²) in [5.74, 6) is 4.99. The van der Waals surface area contributed by atoms with Crippen LogP contribution >= 0.6 is 0 Å². The average molecular weight is 529 g/mol. The van der Waals surface area contributed by atoms with E-state index in [1.165, 1.54) is 70.1 Å². The summed E-state index contributed by atoms with van der Waals surface area (Å²) in [6, 6.07) is 10.1. The fraction of sp³-hybridized carbons (Fsp3) is 0.448. The van der Waals surface area contributed by atoms with Crippen LogP contribution in [0.1, 0.15) is 57.4 Å². The van der Waals surface area contributed by atoms with Gasteiger partial charge in [0.2, 0.25) is 0 Å². The molecule has 200 valence electrons. The van der Waals surface area contributed by atoms with Gasteiger partial charge in [0.25, 0.3) is 0 Å². The molecule has 1 saturated carbocycles. The summed E-state index contributed by atoms with van der Waals surface area (Å²) in [6.45, 7) is 2.50. The van der Waals surface area contributed by atoms with E-state index in [2.05, 4.69) is 18.9 Å². The minimum atomic E-state index is -3.07. The van der Waals surface area contributed by atoms with Crippen LogP contribution in [0.5, 0.6) is 11.5 Å². The minimum Gasteiger partial charge on any atom is -0.494 e. The summed E-state index contributed by atoms with van der Waals surface area (Å²) in [4.78, 5) is 0.376. The average Bonchev–Trinajstić information content (AvgIpc) is 2.91. The lowest BCUT2D eigenvalue weighted by Gasteiger charge is -2.38. The molecule has 0 spiro atoms. The van der Waals surface area contributed by atoms with Gasteiger partial charge in [-0.15, -0.1) is 0 Å². The van der Waals surface area contributed by atoms with Gasteiger partial charge in [0, 0.05) is 12.5 Å². The molecule has 1 fully saturated rings. The van der Waals surface area contributed by atoms with Gasteiger partial charge in [-0.25, -0.2) is 8.60 Å². The quantitative estimate of drug-likeness (QED) is 0.242. The minimum absolute atomic E-state index is 0.0206. The normalized spacial score (nSPS) is 19.9. The van der Waals surface area contributed by atoms with Gasteiger partial charge in [0.1, 0.15) is 11.9 Å². The molecule has 1 unspecified atom stereocenters. The lowest BCUT2D eigenvalue weighted by molar-refractivity contribution is 0.190. The molecular weight excluding hydrogens is 491 g/mol. The summed E-state index contributed by atoms with van der Waals surface area (Å²) in [5, 5.41) is 7.84. The highest BCUT2D eigenvalue weighted by atomic mass is 32.2. The molecule has 1 aliphatic heterocycles. The molecule has 37 heavy (non-hydrogen) atoms. The van der Waals surface area contributed by atoms with E-state index in [0.717, 1.165) is 5.56 Å². The molecule has 0 amide bonds. The zero-order valence-electron chi connectivity index (χ0n) is 21.9. The Hall–Kier alpha value is -3.00. The van der Waals surface area contributed by atoms with Gasteiger partial charge in [-0.05, 0) is 67.8 Å². The van der Waals surface area contributed by atoms with Gasteiger partial charge in [0.05, 0.1) is 41.1 Å². The van der Waals surface area contributed by atoms with E-state index in [1.807, 2.05) is 18.2 Å². The van der Waals surface area contributed by atoms with Gasteiger partial charge in [-0.1, -0.05) is 37.0 Å². The number of anilines is 1. The molecule has 0 saturated heterocycles. The SMILES string of the molecule is C=S(=O)(c1ccc(F)c(OC)c1)N1C[C@H](CCC(=N)OC)Oc2ccc(/C=C(\C)C3CCCCC3)cc21. The lowest BCUT2D eigenvalue weighted by Crippen LogP contribution is -2.43. The second-order valence-corrected chi connectivity index (χ2v) is 12.0. The maximum Gasteiger partial charge on any atom is 0.180 e. The number of benzene rings is 2. The highest BCUT2D eigenvalue weighted by Crippen LogP contribution is 2.40. The highest BCUT2D eigenvalue weighted by Gasteiger charge is 2.32. The van der Waals surface area contributed by atoms with Crippen molar-refractivity contribution in [3.05, 3.63) is 53.4 Å². The summed E-state index contributed by atoms with van der Waals surface area (Å²) < 4.78 is 46.6. The number of hydrogen-bond acceptors (Lipinski definition) is 5. The molecule has 8 heteroatoms. The molecular formula is C29H37FN2O4S. The van der Waals surface area contributed by atoms with Gasteiger partial charge in [-0.2, -0.15) is 0 Å². The van der Waals surface area contributed by atoms with Crippen LogP contribution in [0.3, 0.4) is 0 Å². The van der Waals surface area contributed by atoms with Crippen LogP contribution in [0.15, 0.2) is 46.9 Å². The van der Waals surface area contributed by atoms with Crippen molar-refractivity contribution < 1.29 is 22.8 Å². The predicted molar refractivity (Wildman–Crippen MR) is 149 cm³/mol. The van der Waals surface area contributed by atoms with E-state index in [1.54, 1.807) is 4.31 Å². The Morgan fingerprint density at radius 1 is 1.22 bits per heavy atom. The number of methoxy groups -OCH3 is 2. The summed E-state index contributed by atoms with van der Waals surface area (Å²) in [6.07, 6.45) is 9.11. The van der Waals surface area contributed by atoms with Crippen LogP contribution in [0, 0.1) is 17.1 Å². The van der Waals surface area contributed by atoms with E-state index in [-0.39, 0.29) is 17.8 Å². The number of fused-ring (bicyclic) bond motifs is 1. The van der Waals surface area contributed by atoms with Crippen LogP contribution < -0.4 is 13.8 Å². The third kappa shape index (κ3) is 6.12. The number of nitrogens with zero attached hydrogens (tertiary/aromatic N) is 1. The molecule has 1 aliphatic carbocycles. The fourth-order valence-electron chi connectivity index (χ4n) is 5.15. The van der Waals surface area contributed by atoms with E-state index < -0.39 is 15.5 Å². The number of allylic oxidation sites excluding steroid dienone is 1. The molecule has 2 atom stereocenters. The molecule has 0 bridgehead atoms. The highest BCUT2D eigenvalue weighted by molar-refractivity contribution is 8.01. The molecule has 0 aromatic heterocycles. The van der Waals surface area contributed by atoms with Crippen molar-refractivity contribution in [2.45, 2.75) is 62.9 Å². The number of halogens is 1. The van der Waals surface area contributed by atoms with Crippen molar-refractivity contribution >= 4 is 33.2 Å². The molecule has 0 radical (unpaired) electrons. The molecule has 1 N–H and O–H groups in total. The lowest BCUT2D eigenvalue weighted by atomic mass is 9.84. The topological polar surface area (TPSA) is 71.9 Å². The maximum atomic E-state index is 14.3. The van der Waals surface area contributed by atoms with Gasteiger partial charge in [0.15, 0.2) is 17.5 Å². The van der Waals surface area contributed by atoms with Gasteiger partial charge >= 0.3 is 0 Å². The Morgan fingerprint density at radius 3 is 2.68 bits per heavy atom. The van der Waals surface area contributed by atoms with Gasteiger partial charge < -0.3 is 14.2 Å². The third-order valence-electron chi connectivity index (χ3n) is 7.34. The molecule has 2 aliphatic rings. The number of rotatable bonds is 8. The van der Waals surface area contributed by atoms with Gasteiger partial charge in [-0.3, -0.25) is 9.71 Å². The van der Waals surface area contributed by atoms with Crippen molar-refractivity contribution in [3.8, 4) is 11.5 Å². The summed E-state index contributed by atoms with van der Waals surface area (Å²) in [5.41, 5.74) is 3.06. The van der Waals surface area contributed by atoms with Crippen LogP contribution in [-0.4, -0.2) is 42.8 Å². The van der Waals surface area contributed by atoms with Crippen LogP contribution in [0.4, 0.5) is 10.1 Å². The van der Waals surface area contributed by atoms with E-state index >= 15 is 0 Å². The standard InChI is InChI=1S/C29H37FN2O4S/c1-20(22-8-6-5-7-9-22)16-21-10-14-27-26(17-21)32(19-23(36-27)11-15-29(31)35-3)37(4,33)24-12-13-25(30)28(18-24)34-2/h10,12-14,16-18,22-23,31H,4-9,11,15,19H2,1-3H3/b20-16+,31-29?/t23-,37?/m0/s1.